The van der Waals surface area contributed by atoms with Crippen LogP contribution in [-0.4, -0.2) is 87.5 Å². The third-order valence-corrected chi connectivity index (χ3v) is 11.1. The molecule has 1 aliphatic rings. The molecule has 0 radical (unpaired) electrons. The molecule has 7 unspecified atom stereocenters. The van der Waals surface area contributed by atoms with E-state index in [-0.39, 0.29) is 12.5 Å². The maximum Gasteiger partial charge on any atom is 0.220 e. The standard InChI is InChI=1S/C50H89NO8/c1-3-5-7-9-11-13-15-17-18-19-20-21-22-23-24-25-26-28-30-32-34-36-38-40-46(54)51-43(42-58-50-49(57)48(56)47(55)45(41-52)59-50)44(53)39-37-35-33-31-29-27-16-14-12-10-8-6-4-2/h5,7,11,13,17-18,20-21,23-24,43-45,47-50,52-53,55-57H,3-4,6,8-10,12,14-16,19,22,25-42H2,1-2H3,(H,51,54)/b7-5-,13-11-,18-17-,21-20-,24-23-. The lowest BCUT2D eigenvalue weighted by molar-refractivity contribution is -0.302. The van der Waals surface area contributed by atoms with Crippen molar-refractivity contribution in [3.05, 3.63) is 60.8 Å². The number of ether oxygens (including phenoxy) is 2. The van der Waals surface area contributed by atoms with Crippen LogP contribution in [0.25, 0.3) is 0 Å². The summed E-state index contributed by atoms with van der Waals surface area (Å²) < 4.78 is 11.3. The Kier molecular flexibility index (Phi) is 37.2. The van der Waals surface area contributed by atoms with Crippen LogP contribution in [0.5, 0.6) is 0 Å². The number of carbonyl (C=O) groups excluding carboxylic acids is 1. The van der Waals surface area contributed by atoms with Gasteiger partial charge in [0.1, 0.15) is 24.4 Å². The maximum absolute atomic E-state index is 13.0. The predicted molar refractivity (Wildman–Crippen MR) is 244 cm³/mol. The van der Waals surface area contributed by atoms with Gasteiger partial charge in [0.2, 0.25) is 5.91 Å². The van der Waals surface area contributed by atoms with Crippen LogP contribution in [0.3, 0.4) is 0 Å². The van der Waals surface area contributed by atoms with Crippen molar-refractivity contribution in [1.29, 1.82) is 0 Å². The maximum atomic E-state index is 13.0. The SMILES string of the molecule is CC/C=C\C/C=C\C/C=C\C/C=C\C/C=C\CCCCCCCCCC(=O)NC(COC1OC(CO)C(O)C(O)C1O)C(O)CCCCCCCCCCCCCCC. The van der Waals surface area contributed by atoms with Crippen LogP contribution >= 0.6 is 0 Å². The second-order valence-electron chi connectivity index (χ2n) is 16.5. The molecule has 0 aliphatic carbocycles. The van der Waals surface area contributed by atoms with Gasteiger partial charge >= 0.3 is 0 Å². The second-order valence-corrected chi connectivity index (χ2v) is 16.5. The lowest BCUT2D eigenvalue weighted by atomic mass is 9.99. The third-order valence-electron chi connectivity index (χ3n) is 11.1. The Hall–Kier alpha value is -2.11. The molecule has 0 bridgehead atoms. The number of aliphatic hydroxyl groups is 5. The van der Waals surface area contributed by atoms with Crippen molar-refractivity contribution in [2.45, 2.75) is 236 Å². The monoisotopic (exact) mass is 832 g/mol. The molecule has 1 heterocycles. The molecule has 9 heteroatoms. The number of amides is 1. The fraction of sp³-hybridized carbons (Fsp3) is 0.780. The molecule has 59 heavy (non-hydrogen) atoms. The van der Waals surface area contributed by atoms with Gasteiger partial charge in [-0.1, -0.05) is 190 Å². The number of carbonyl (C=O) groups is 1. The van der Waals surface area contributed by atoms with Gasteiger partial charge in [-0.3, -0.25) is 4.79 Å². The van der Waals surface area contributed by atoms with Crippen molar-refractivity contribution in [1.82, 2.24) is 5.32 Å². The van der Waals surface area contributed by atoms with E-state index in [1.54, 1.807) is 0 Å². The van der Waals surface area contributed by atoms with Gasteiger partial charge in [0, 0.05) is 6.42 Å². The van der Waals surface area contributed by atoms with E-state index in [0.717, 1.165) is 83.5 Å². The summed E-state index contributed by atoms with van der Waals surface area (Å²) in [6.45, 7) is 3.70. The van der Waals surface area contributed by atoms with Crippen LogP contribution in [-0.2, 0) is 14.3 Å². The summed E-state index contributed by atoms with van der Waals surface area (Å²) in [7, 11) is 0. The van der Waals surface area contributed by atoms with E-state index in [1.165, 1.54) is 83.5 Å². The van der Waals surface area contributed by atoms with E-state index in [1.807, 2.05) is 0 Å². The quantitative estimate of drug-likeness (QED) is 0.0265. The summed E-state index contributed by atoms with van der Waals surface area (Å²) >= 11 is 0. The molecule has 1 amide bonds. The Morgan fingerprint density at radius 2 is 1.05 bits per heavy atom. The van der Waals surface area contributed by atoms with Crippen LogP contribution in [0.15, 0.2) is 60.8 Å². The summed E-state index contributed by atoms with van der Waals surface area (Å²) in [5, 5.41) is 54.4. The van der Waals surface area contributed by atoms with E-state index in [0.29, 0.717) is 12.8 Å². The average molecular weight is 832 g/mol. The average Bonchev–Trinajstić information content (AvgIpc) is 3.23. The minimum absolute atomic E-state index is 0.145. The highest BCUT2D eigenvalue weighted by Gasteiger charge is 2.44. The van der Waals surface area contributed by atoms with Gasteiger partial charge in [0.05, 0.1) is 25.4 Å². The molecule has 0 saturated carbocycles. The van der Waals surface area contributed by atoms with E-state index >= 15 is 0 Å². The summed E-state index contributed by atoms with van der Waals surface area (Å²) in [5.41, 5.74) is 0. The highest BCUT2D eigenvalue weighted by Crippen LogP contribution is 2.23. The lowest BCUT2D eigenvalue weighted by Crippen LogP contribution is -2.60. The summed E-state index contributed by atoms with van der Waals surface area (Å²) in [4.78, 5) is 13.0. The fourth-order valence-corrected chi connectivity index (χ4v) is 7.30. The first-order valence-corrected chi connectivity index (χ1v) is 24.0. The predicted octanol–water partition coefficient (Wildman–Crippen LogP) is 10.4. The smallest absolute Gasteiger partial charge is 0.220 e. The Morgan fingerprint density at radius 3 is 1.56 bits per heavy atom. The highest BCUT2D eigenvalue weighted by molar-refractivity contribution is 5.76. The van der Waals surface area contributed by atoms with Gasteiger partial charge in [-0.15, -0.1) is 0 Å². The molecule has 1 rings (SSSR count). The zero-order valence-corrected chi connectivity index (χ0v) is 37.5. The first-order chi connectivity index (χ1) is 28.8. The molecule has 342 valence electrons. The van der Waals surface area contributed by atoms with Crippen LogP contribution in [0, 0.1) is 0 Å². The minimum Gasteiger partial charge on any atom is -0.394 e. The van der Waals surface area contributed by atoms with E-state index in [2.05, 4.69) is 79.9 Å². The molecule has 1 saturated heterocycles. The van der Waals surface area contributed by atoms with Crippen molar-refractivity contribution in [3.8, 4) is 0 Å². The zero-order chi connectivity index (χ0) is 43.0. The molecule has 0 aromatic heterocycles. The van der Waals surface area contributed by atoms with Gasteiger partial charge < -0.3 is 40.3 Å². The molecule has 9 nitrogen and oxygen atoms in total. The first kappa shape index (κ1) is 54.9. The van der Waals surface area contributed by atoms with Crippen LogP contribution in [0.2, 0.25) is 0 Å². The Labute approximate surface area is 360 Å². The number of unbranched alkanes of at least 4 members (excludes halogenated alkanes) is 19. The number of rotatable bonds is 39. The molecule has 0 aromatic carbocycles. The largest absolute Gasteiger partial charge is 0.394 e. The molecular weight excluding hydrogens is 743 g/mol. The molecular formula is C50H89NO8. The van der Waals surface area contributed by atoms with Gasteiger partial charge in [-0.2, -0.15) is 0 Å². The molecule has 7 atom stereocenters. The van der Waals surface area contributed by atoms with Gasteiger partial charge in [0.15, 0.2) is 6.29 Å². The molecule has 1 fully saturated rings. The number of nitrogens with one attached hydrogen (secondary N) is 1. The van der Waals surface area contributed by atoms with Crippen molar-refractivity contribution in [2.24, 2.45) is 0 Å². The summed E-state index contributed by atoms with van der Waals surface area (Å²) in [6, 6.07) is -0.727. The van der Waals surface area contributed by atoms with Gasteiger partial charge in [-0.05, 0) is 57.8 Å². The van der Waals surface area contributed by atoms with Crippen molar-refractivity contribution in [2.75, 3.05) is 13.2 Å². The highest BCUT2D eigenvalue weighted by atomic mass is 16.7. The molecule has 0 spiro atoms. The minimum atomic E-state index is -1.56. The second kappa shape index (κ2) is 40.0. The molecule has 0 aromatic rings. The fourth-order valence-electron chi connectivity index (χ4n) is 7.30. The first-order valence-electron chi connectivity index (χ1n) is 24.0. The van der Waals surface area contributed by atoms with Gasteiger partial charge in [-0.25, -0.2) is 0 Å². The van der Waals surface area contributed by atoms with Crippen LogP contribution in [0.1, 0.15) is 194 Å². The third kappa shape index (κ3) is 30.6. The van der Waals surface area contributed by atoms with Crippen molar-refractivity contribution >= 4 is 5.91 Å². The van der Waals surface area contributed by atoms with Gasteiger partial charge in [0.25, 0.3) is 0 Å². The van der Waals surface area contributed by atoms with Crippen LogP contribution < -0.4 is 5.32 Å². The Morgan fingerprint density at radius 1 is 0.593 bits per heavy atom. The lowest BCUT2D eigenvalue weighted by Gasteiger charge is -2.40. The molecule has 1 aliphatic heterocycles. The number of aliphatic hydroxyl groups excluding tert-OH is 5. The number of hydrogen-bond donors (Lipinski definition) is 6. The number of hydrogen-bond acceptors (Lipinski definition) is 8. The Balaban J connectivity index is 2.30. The van der Waals surface area contributed by atoms with E-state index in [9.17, 15) is 30.3 Å². The van der Waals surface area contributed by atoms with E-state index in [4.69, 9.17) is 9.47 Å². The summed E-state index contributed by atoms with van der Waals surface area (Å²) in [5.74, 6) is -0.158. The molecule has 6 N–H and O–H groups in total. The summed E-state index contributed by atoms with van der Waals surface area (Å²) in [6.07, 6.45) is 45.1. The van der Waals surface area contributed by atoms with Crippen molar-refractivity contribution < 1.29 is 39.8 Å². The number of allylic oxidation sites excluding steroid dienone is 10. The normalized spacial score (nSPS) is 21.2. The zero-order valence-electron chi connectivity index (χ0n) is 37.5. The topological polar surface area (TPSA) is 149 Å². The van der Waals surface area contributed by atoms with Crippen LogP contribution in [0.4, 0.5) is 0 Å². The van der Waals surface area contributed by atoms with Crippen molar-refractivity contribution in [3.63, 3.8) is 0 Å². The Bertz CT molecular complexity index is 1100. The van der Waals surface area contributed by atoms with E-state index < -0.39 is 49.5 Å².